The van der Waals surface area contributed by atoms with Crippen molar-refractivity contribution in [3.05, 3.63) is 54.6 Å². The van der Waals surface area contributed by atoms with Gasteiger partial charge in [-0.1, -0.05) is 6.07 Å². The van der Waals surface area contributed by atoms with Crippen molar-refractivity contribution in [2.75, 3.05) is 0 Å². The molecule has 0 saturated heterocycles. The van der Waals surface area contributed by atoms with Gasteiger partial charge >= 0.3 is 0 Å². The van der Waals surface area contributed by atoms with Crippen LogP contribution in [0, 0.1) is 11.8 Å². The molecule has 0 aromatic carbocycles. The molecule has 1 amide bonds. The van der Waals surface area contributed by atoms with Crippen molar-refractivity contribution >= 4 is 11.4 Å². The summed E-state index contributed by atoms with van der Waals surface area (Å²) < 4.78 is 2.02. The largest absolute Gasteiger partial charge is 0.345 e. The summed E-state index contributed by atoms with van der Waals surface area (Å²) in [5.41, 5.74) is 2.48. The van der Waals surface area contributed by atoms with Crippen LogP contribution in [0.1, 0.15) is 36.2 Å². The van der Waals surface area contributed by atoms with E-state index in [0.29, 0.717) is 23.6 Å². The predicted octanol–water partition coefficient (Wildman–Crippen LogP) is 2.73. The molecule has 0 aliphatic heterocycles. The number of nitrogens with one attached hydrogen (secondary N) is 2. The van der Waals surface area contributed by atoms with E-state index in [-0.39, 0.29) is 5.91 Å². The van der Waals surface area contributed by atoms with Crippen molar-refractivity contribution in [3.63, 3.8) is 0 Å². The summed E-state index contributed by atoms with van der Waals surface area (Å²) in [5.74, 6) is 2.25. The van der Waals surface area contributed by atoms with Crippen molar-refractivity contribution in [2.45, 2.75) is 31.7 Å². The van der Waals surface area contributed by atoms with E-state index >= 15 is 0 Å². The van der Waals surface area contributed by atoms with Gasteiger partial charge in [-0.05, 0) is 61.8 Å². The average molecular weight is 333 g/mol. The first-order chi connectivity index (χ1) is 12.3. The van der Waals surface area contributed by atoms with Gasteiger partial charge in [0.2, 0.25) is 5.69 Å². The van der Waals surface area contributed by atoms with Crippen LogP contribution in [-0.4, -0.2) is 21.9 Å². The maximum Gasteiger partial charge on any atom is 0.295 e. The topological polar surface area (TPSA) is 61.9 Å². The normalized spacial score (nSPS) is 17.2. The van der Waals surface area contributed by atoms with Crippen LogP contribution in [0.5, 0.6) is 0 Å². The minimum atomic E-state index is 0.00244. The molecule has 5 nitrogen and oxygen atoms in total. The second-order valence-corrected chi connectivity index (χ2v) is 7.22. The number of amides is 1. The number of imidazole rings is 1. The molecular formula is C20H21N4O+. The molecule has 2 saturated carbocycles. The number of aromatic nitrogens is 3. The molecule has 2 aliphatic carbocycles. The minimum absolute atomic E-state index is 0.00244. The number of hydrogen-bond donors (Lipinski definition) is 2. The van der Waals surface area contributed by atoms with E-state index in [4.69, 9.17) is 0 Å². The Morgan fingerprint density at radius 1 is 1.16 bits per heavy atom. The lowest BCUT2D eigenvalue weighted by molar-refractivity contribution is -0.498. The number of H-pyrrole nitrogens is 1. The number of carbonyl (C=O) groups excluding carboxylic acids is 1. The molecule has 25 heavy (non-hydrogen) atoms. The van der Waals surface area contributed by atoms with Crippen LogP contribution in [0.4, 0.5) is 0 Å². The standard InChI is InChI=1S/C20H20N4O/c25-20(23-17(13-6-7-13)14-8-9-14)18-16-5-1-2-11-24(16)19(22-18)15-4-3-10-21-12-15/h1-5,10-14,17H,6-9H2,(H,23,25)/p+1. The Balaban J connectivity index is 1.53. The third kappa shape index (κ3) is 2.69. The monoisotopic (exact) mass is 333 g/mol. The predicted molar refractivity (Wildman–Crippen MR) is 93.9 cm³/mol. The fraction of sp³-hybridized carbons (Fsp3) is 0.350. The van der Waals surface area contributed by atoms with E-state index in [9.17, 15) is 4.79 Å². The molecule has 5 rings (SSSR count). The molecular weight excluding hydrogens is 312 g/mol. The molecule has 2 aliphatic rings. The highest BCUT2D eigenvalue weighted by atomic mass is 16.2. The number of rotatable bonds is 5. The Morgan fingerprint density at radius 3 is 2.64 bits per heavy atom. The zero-order chi connectivity index (χ0) is 16.8. The van der Waals surface area contributed by atoms with Crippen LogP contribution in [0.15, 0.2) is 48.9 Å². The quantitative estimate of drug-likeness (QED) is 0.705. The average Bonchev–Trinajstić information content (AvgIpc) is 3.57. The number of hydrogen-bond acceptors (Lipinski definition) is 2. The first-order valence-corrected chi connectivity index (χ1v) is 9.05. The van der Waals surface area contributed by atoms with Crippen LogP contribution in [0.3, 0.4) is 0 Å². The lowest BCUT2D eigenvalue weighted by Gasteiger charge is -2.16. The molecule has 2 N–H and O–H groups in total. The molecule has 2 fully saturated rings. The fourth-order valence-corrected chi connectivity index (χ4v) is 3.73. The highest BCUT2D eigenvalue weighted by molar-refractivity contribution is 5.98. The highest BCUT2D eigenvalue weighted by Crippen LogP contribution is 2.44. The number of aromatic amines is 1. The summed E-state index contributed by atoms with van der Waals surface area (Å²) in [6.07, 6.45) is 10.5. The van der Waals surface area contributed by atoms with E-state index < -0.39 is 0 Å². The molecule has 0 atom stereocenters. The summed E-state index contributed by atoms with van der Waals surface area (Å²) in [7, 11) is 0. The van der Waals surface area contributed by atoms with Crippen molar-refractivity contribution in [1.82, 2.24) is 15.3 Å². The van der Waals surface area contributed by atoms with Crippen LogP contribution in [0.25, 0.3) is 16.9 Å². The van der Waals surface area contributed by atoms with Crippen molar-refractivity contribution < 1.29 is 9.20 Å². The van der Waals surface area contributed by atoms with E-state index in [1.54, 1.807) is 6.20 Å². The maximum atomic E-state index is 13.0. The zero-order valence-electron chi connectivity index (χ0n) is 14.0. The maximum absolute atomic E-state index is 13.0. The second kappa shape index (κ2) is 5.69. The molecule has 0 radical (unpaired) electrons. The number of nitrogens with zero attached hydrogens (tertiary/aromatic N) is 2. The summed E-state index contributed by atoms with van der Waals surface area (Å²) in [5, 5.41) is 3.31. The smallest absolute Gasteiger partial charge is 0.295 e. The molecule has 0 spiro atoms. The highest BCUT2D eigenvalue weighted by Gasteiger charge is 2.43. The Hall–Kier alpha value is -2.69. The van der Waals surface area contributed by atoms with Crippen LogP contribution in [0.2, 0.25) is 0 Å². The van der Waals surface area contributed by atoms with Crippen LogP contribution < -0.4 is 9.72 Å². The van der Waals surface area contributed by atoms with Gasteiger partial charge in [0.1, 0.15) is 0 Å². The Bertz CT molecular complexity index is 913. The van der Waals surface area contributed by atoms with E-state index in [2.05, 4.69) is 15.3 Å². The Labute approximate surface area is 146 Å². The molecule has 3 aromatic heterocycles. The molecule has 0 bridgehead atoms. The minimum Gasteiger partial charge on any atom is -0.345 e. The van der Waals surface area contributed by atoms with E-state index in [1.165, 1.54) is 25.7 Å². The SMILES string of the molecule is O=C(NC(C1CC1)C1CC1)c1[nH]c(-c2cccnc2)[n+]2ccccc12. The molecule has 0 unspecified atom stereocenters. The second-order valence-electron chi connectivity index (χ2n) is 7.22. The lowest BCUT2D eigenvalue weighted by atomic mass is 10.1. The van der Waals surface area contributed by atoms with Crippen molar-refractivity contribution in [3.8, 4) is 11.4 Å². The lowest BCUT2D eigenvalue weighted by Crippen LogP contribution is -2.38. The van der Waals surface area contributed by atoms with E-state index in [0.717, 1.165) is 16.9 Å². The van der Waals surface area contributed by atoms with Gasteiger partial charge in [0.05, 0.1) is 11.8 Å². The first-order valence-electron chi connectivity index (χ1n) is 9.05. The number of fused-ring (bicyclic) bond motifs is 1. The van der Waals surface area contributed by atoms with Gasteiger partial charge in [-0.2, -0.15) is 4.40 Å². The Morgan fingerprint density at radius 2 is 1.96 bits per heavy atom. The number of pyridine rings is 2. The van der Waals surface area contributed by atoms with Crippen LogP contribution >= 0.6 is 0 Å². The van der Waals surface area contributed by atoms with Gasteiger partial charge in [-0.3, -0.25) is 9.78 Å². The van der Waals surface area contributed by atoms with Crippen molar-refractivity contribution in [1.29, 1.82) is 0 Å². The third-order valence-corrected chi connectivity index (χ3v) is 5.32. The van der Waals surface area contributed by atoms with Gasteiger partial charge in [0.25, 0.3) is 11.7 Å². The first kappa shape index (κ1) is 14.6. The van der Waals surface area contributed by atoms with Gasteiger partial charge in [-0.25, -0.2) is 4.98 Å². The molecule has 5 heteroatoms. The van der Waals surface area contributed by atoms with Gasteiger partial charge < -0.3 is 5.32 Å². The summed E-state index contributed by atoms with van der Waals surface area (Å²) >= 11 is 0. The van der Waals surface area contributed by atoms with Gasteiger partial charge in [-0.15, -0.1) is 0 Å². The van der Waals surface area contributed by atoms with Gasteiger partial charge in [0.15, 0.2) is 5.52 Å². The van der Waals surface area contributed by atoms with E-state index in [1.807, 2.05) is 47.1 Å². The summed E-state index contributed by atoms with van der Waals surface area (Å²) in [6.45, 7) is 0. The molecule has 126 valence electrons. The Kier molecular flexibility index (Phi) is 3.33. The zero-order valence-corrected chi connectivity index (χ0v) is 14.0. The molecule has 3 aromatic rings. The summed E-state index contributed by atoms with van der Waals surface area (Å²) in [6, 6.07) is 10.2. The van der Waals surface area contributed by atoms with Gasteiger partial charge in [0, 0.05) is 18.4 Å². The fourth-order valence-electron chi connectivity index (χ4n) is 3.73. The van der Waals surface area contributed by atoms with Crippen LogP contribution in [-0.2, 0) is 0 Å². The molecule has 3 heterocycles. The summed E-state index contributed by atoms with van der Waals surface area (Å²) in [4.78, 5) is 20.5. The van der Waals surface area contributed by atoms with Crippen molar-refractivity contribution in [2.24, 2.45) is 11.8 Å². The third-order valence-electron chi connectivity index (χ3n) is 5.32. The number of carbonyl (C=O) groups is 1.